The second-order valence-electron chi connectivity index (χ2n) is 4.03. The lowest BCUT2D eigenvalue weighted by Gasteiger charge is -2.44. The Morgan fingerprint density at radius 3 is 2.60 bits per heavy atom. The molecule has 3 nitrogen and oxygen atoms in total. The fourth-order valence-electron chi connectivity index (χ4n) is 2.18. The Morgan fingerprint density at radius 2 is 2.13 bits per heavy atom. The molecular weight excluding hydrogens is 190 g/mol. The van der Waals surface area contributed by atoms with Gasteiger partial charge in [0.15, 0.2) is 0 Å². The summed E-state index contributed by atoms with van der Waals surface area (Å²) in [4.78, 5) is 11.6. The van der Waals surface area contributed by atoms with Gasteiger partial charge in [-0.3, -0.25) is 4.79 Å². The number of carbonyl (C=O) groups excluding carboxylic acids is 1. The molecule has 0 spiro atoms. The molecule has 0 radical (unpaired) electrons. The highest BCUT2D eigenvalue weighted by atomic mass is 16.5. The Balaban J connectivity index is 2.23. The van der Waals surface area contributed by atoms with Gasteiger partial charge in [0.1, 0.15) is 5.54 Å². The van der Waals surface area contributed by atoms with Crippen molar-refractivity contribution < 1.29 is 9.53 Å². The van der Waals surface area contributed by atoms with E-state index in [1.807, 2.05) is 30.3 Å². The van der Waals surface area contributed by atoms with Gasteiger partial charge in [-0.1, -0.05) is 30.3 Å². The quantitative estimate of drug-likeness (QED) is 0.743. The molecule has 0 saturated heterocycles. The average Bonchev–Trinajstić information content (AvgIpc) is 2.27. The molecule has 0 aliphatic heterocycles. The second-order valence-corrected chi connectivity index (χ2v) is 4.03. The van der Waals surface area contributed by atoms with Gasteiger partial charge in [0.05, 0.1) is 7.11 Å². The van der Waals surface area contributed by atoms with Gasteiger partial charge in [0.25, 0.3) is 0 Å². The van der Waals surface area contributed by atoms with E-state index >= 15 is 0 Å². The van der Waals surface area contributed by atoms with Gasteiger partial charge in [-0.15, -0.1) is 0 Å². The molecule has 2 rings (SSSR count). The van der Waals surface area contributed by atoms with Crippen LogP contribution in [0.5, 0.6) is 0 Å². The second kappa shape index (κ2) is 3.66. The summed E-state index contributed by atoms with van der Waals surface area (Å²) in [5.41, 5.74) is 6.37. The number of nitrogens with two attached hydrogens (primary N) is 1. The van der Waals surface area contributed by atoms with E-state index in [4.69, 9.17) is 10.5 Å². The zero-order valence-corrected chi connectivity index (χ0v) is 8.77. The Hall–Kier alpha value is -1.35. The molecule has 2 atom stereocenters. The number of ether oxygens (including phenoxy) is 1. The van der Waals surface area contributed by atoms with Gasteiger partial charge in [0.2, 0.25) is 0 Å². The number of methoxy groups -OCH3 is 1. The fourth-order valence-corrected chi connectivity index (χ4v) is 2.18. The lowest BCUT2D eigenvalue weighted by atomic mass is 9.64. The minimum atomic E-state index is -0.809. The van der Waals surface area contributed by atoms with Gasteiger partial charge >= 0.3 is 5.97 Å². The fraction of sp³-hybridized carbons (Fsp3) is 0.417. The van der Waals surface area contributed by atoms with E-state index in [0.717, 1.165) is 12.0 Å². The number of rotatable bonds is 2. The molecule has 0 heterocycles. The van der Waals surface area contributed by atoms with Gasteiger partial charge < -0.3 is 10.5 Å². The third-order valence-electron chi connectivity index (χ3n) is 3.24. The number of hydrogen-bond donors (Lipinski definition) is 1. The van der Waals surface area contributed by atoms with Crippen molar-refractivity contribution >= 4 is 5.97 Å². The van der Waals surface area contributed by atoms with Crippen molar-refractivity contribution in [1.29, 1.82) is 0 Å². The first-order valence-electron chi connectivity index (χ1n) is 5.11. The molecule has 0 amide bonds. The summed E-state index contributed by atoms with van der Waals surface area (Å²) in [5.74, 6) is -0.200. The molecule has 1 fully saturated rings. The topological polar surface area (TPSA) is 52.3 Å². The van der Waals surface area contributed by atoms with Crippen LogP contribution in [-0.4, -0.2) is 18.6 Å². The Morgan fingerprint density at radius 1 is 1.47 bits per heavy atom. The van der Waals surface area contributed by atoms with Crippen LogP contribution in [0.1, 0.15) is 24.3 Å². The minimum Gasteiger partial charge on any atom is -0.468 e. The summed E-state index contributed by atoms with van der Waals surface area (Å²) in [6.45, 7) is 0. The van der Waals surface area contributed by atoms with Crippen molar-refractivity contribution in [2.45, 2.75) is 24.3 Å². The zero-order chi connectivity index (χ0) is 10.9. The van der Waals surface area contributed by atoms with Crippen LogP contribution >= 0.6 is 0 Å². The number of hydrogen-bond acceptors (Lipinski definition) is 3. The Labute approximate surface area is 89.2 Å². The number of esters is 1. The highest BCUT2D eigenvalue weighted by molar-refractivity contribution is 5.83. The summed E-state index contributed by atoms with van der Waals surface area (Å²) in [6.07, 6.45) is 1.66. The van der Waals surface area contributed by atoms with E-state index in [0.29, 0.717) is 6.42 Å². The van der Waals surface area contributed by atoms with E-state index in [2.05, 4.69) is 0 Å². The molecule has 1 aromatic carbocycles. The Bertz CT molecular complexity index is 363. The third-order valence-corrected chi connectivity index (χ3v) is 3.24. The first-order chi connectivity index (χ1) is 7.18. The predicted molar refractivity (Wildman–Crippen MR) is 57.4 cm³/mol. The first kappa shape index (κ1) is 10.2. The molecular formula is C12H15NO2. The van der Waals surface area contributed by atoms with E-state index in [1.54, 1.807) is 0 Å². The molecule has 0 bridgehead atoms. The summed E-state index contributed by atoms with van der Waals surface area (Å²) in [5, 5.41) is 0. The van der Waals surface area contributed by atoms with Crippen LogP contribution in [0.3, 0.4) is 0 Å². The summed E-state index contributed by atoms with van der Waals surface area (Å²) in [7, 11) is 1.39. The minimum absolute atomic E-state index is 0.103. The summed E-state index contributed by atoms with van der Waals surface area (Å²) >= 11 is 0. The maximum Gasteiger partial charge on any atom is 0.326 e. The lowest BCUT2D eigenvalue weighted by Crippen LogP contribution is -2.59. The molecule has 1 aliphatic rings. The highest BCUT2D eigenvalue weighted by Gasteiger charge is 2.51. The summed E-state index contributed by atoms with van der Waals surface area (Å²) < 4.78 is 4.74. The van der Waals surface area contributed by atoms with Crippen LogP contribution in [0.2, 0.25) is 0 Å². The standard InChI is InChI=1S/C12H15NO2/c1-15-11(14)12(13)8-7-10(12)9-5-3-2-4-6-9/h2-6,10H,7-8,13H2,1H3/t10-,12-/m1/s1. The van der Waals surface area contributed by atoms with E-state index in [1.165, 1.54) is 7.11 Å². The monoisotopic (exact) mass is 205 g/mol. The predicted octanol–water partition coefficient (Wildman–Crippen LogP) is 1.43. The molecule has 1 saturated carbocycles. The van der Waals surface area contributed by atoms with Crippen LogP contribution in [-0.2, 0) is 9.53 Å². The van der Waals surface area contributed by atoms with Crippen molar-refractivity contribution in [3.05, 3.63) is 35.9 Å². The van der Waals surface area contributed by atoms with Crippen molar-refractivity contribution in [3.8, 4) is 0 Å². The molecule has 15 heavy (non-hydrogen) atoms. The maximum atomic E-state index is 11.6. The first-order valence-corrected chi connectivity index (χ1v) is 5.11. The Kier molecular flexibility index (Phi) is 2.49. The van der Waals surface area contributed by atoms with Crippen LogP contribution in [0.15, 0.2) is 30.3 Å². The van der Waals surface area contributed by atoms with Gasteiger partial charge in [-0.05, 0) is 18.4 Å². The van der Waals surface area contributed by atoms with E-state index in [-0.39, 0.29) is 11.9 Å². The molecule has 0 aromatic heterocycles. The van der Waals surface area contributed by atoms with Gasteiger partial charge in [-0.25, -0.2) is 0 Å². The van der Waals surface area contributed by atoms with Crippen LogP contribution in [0.25, 0.3) is 0 Å². The van der Waals surface area contributed by atoms with E-state index < -0.39 is 5.54 Å². The summed E-state index contributed by atoms with van der Waals surface area (Å²) in [6, 6.07) is 9.90. The SMILES string of the molecule is COC(=O)[C@@]1(N)CC[C@@H]1c1ccccc1. The lowest BCUT2D eigenvalue weighted by molar-refractivity contribution is -0.151. The molecule has 2 N–H and O–H groups in total. The molecule has 1 aliphatic carbocycles. The molecule has 3 heteroatoms. The largest absolute Gasteiger partial charge is 0.468 e. The van der Waals surface area contributed by atoms with Crippen molar-refractivity contribution in [2.75, 3.05) is 7.11 Å². The van der Waals surface area contributed by atoms with Gasteiger partial charge in [-0.2, -0.15) is 0 Å². The maximum absolute atomic E-state index is 11.6. The smallest absolute Gasteiger partial charge is 0.326 e. The van der Waals surface area contributed by atoms with Gasteiger partial charge in [0, 0.05) is 5.92 Å². The zero-order valence-electron chi connectivity index (χ0n) is 8.77. The van der Waals surface area contributed by atoms with E-state index in [9.17, 15) is 4.79 Å². The molecule has 1 aromatic rings. The number of benzene rings is 1. The van der Waals surface area contributed by atoms with Crippen LogP contribution in [0, 0.1) is 0 Å². The highest BCUT2D eigenvalue weighted by Crippen LogP contribution is 2.44. The normalized spacial score (nSPS) is 29.3. The van der Waals surface area contributed by atoms with Crippen molar-refractivity contribution in [1.82, 2.24) is 0 Å². The van der Waals surface area contributed by atoms with Crippen LogP contribution < -0.4 is 5.73 Å². The molecule has 80 valence electrons. The third kappa shape index (κ3) is 1.53. The molecule has 0 unspecified atom stereocenters. The number of carbonyl (C=O) groups is 1. The van der Waals surface area contributed by atoms with Crippen molar-refractivity contribution in [3.63, 3.8) is 0 Å². The van der Waals surface area contributed by atoms with Crippen LogP contribution in [0.4, 0.5) is 0 Å². The average molecular weight is 205 g/mol. The van der Waals surface area contributed by atoms with Crippen molar-refractivity contribution in [2.24, 2.45) is 5.73 Å².